The molecule has 1 saturated carbocycles. The van der Waals surface area contributed by atoms with Crippen molar-refractivity contribution in [1.82, 2.24) is 0 Å². The van der Waals surface area contributed by atoms with Crippen molar-refractivity contribution in [2.24, 2.45) is 0 Å². The van der Waals surface area contributed by atoms with Crippen LogP contribution in [0.4, 0.5) is 0 Å². The second kappa shape index (κ2) is 2.82. The van der Waals surface area contributed by atoms with Gasteiger partial charge in [-0.2, -0.15) is 0 Å². The van der Waals surface area contributed by atoms with Crippen LogP contribution in [-0.2, 0) is 6.42 Å². The monoisotopic (exact) mass is 246 g/mol. The van der Waals surface area contributed by atoms with Gasteiger partial charge in [-0.3, -0.25) is 0 Å². The molecule has 0 aromatic carbocycles. The molecule has 12 heavy (non-hydrogen) atoms. The van der Waals surface area contributed by atoms with E-state index in [1.165, 1.54) is 9.75 Å². The molecule has 2 rings (SSSR count). The van der Waals surface area contributed by atoms with Gasteiger partial charge in [-0.15, -0.1) is 11.3 Å². The molecule has 1 aliphatic rings. The number of rotatable bonds is 2. The number of hydrogen-bond donors (Lipinski definition) is 1. The Morgan fingerprint density at radius 3 is 2.75 bits per heavy atom. The van der Waals surface area contributed by atoms with Gasteiger partial charge in [0.15, 0.2) is 0 Å². The maximum Gasteiger partial charge on any atom is 0.0698 e. The normalized spacial score (nSPS) is 19.6. The lowest BCUT2D eigenvalue weighted by Gasteiger charge is -2.04. The van der Waals surface area contributed by atoms with Crippen LogP contribution in [0.3, 0.4) is 0 Å². The Morgan fingerprint density at radius 1 is 1.67 bits per heavy atom. The number of hydrogen-bond acceptors (Lipinski definition) is 2. The third kappa shape index (κ3) is 1.73. The largest absolute Gasteiger partial charge is 0.390 e. The van der Waals surface area contributed by atoms with Crippen LogP contribution >= 0.6 is 27.3 Å². The molecular weight excluding hydrogens is 236 g/mol. The van der Waals surface area contributed by atoms with E-state index in [-0.39, 0.29) is 5.60 Å². The lowest BCUT2D eigenvalue weighted by molar-refractivity contribution is 0.152. The van der Waals surface area contributed by atoms with E-state index in [4.69, 9.17) is 0 Å². The Labute approximate surface area is 84.6 Å². The van der Waals surface area contributed by atoms with Crippen LogP contribution in [0.1, 0.15) is 22.6 Å². The van der Waals surface area contributed by atoms with E-state index in [1.54, 1.807) is 11.3 Å². The lowest BCUT2D eigenvalue weighted by Crippen LogP contribution is -2.09. The molecule has 1 aromatic rings. The highest BCUT2D eigenvalue weighted by Crippen LogP contribution is 2.41. The first kappa shape index (κ1) is 8.73. The van der Waals surface area contributed by atoms with E-state index in [0.717, 1.165) is 23.7 Å². The van der Waals surface area contributed by atoms with Gasteiger partial charge in [-0.25, -0.2) is 0 Å². The molecule has 1 fully saturated rings. The second-order valence-electron chi connectivity index (χ2n) is 3.53. The van der Waals surface area contributed by atoms with Crippen molar-refractivity contribution in [1.29, 1.82) is 0 Å². The minimum absolute atomic E-state index is 0.361. The Balaban J connectivity index is 2.17. The molecule has 0 spiro atoms. The van der Waals surface area contributed by atoms with Crippen LogP contribution < -0.4 is 0 Å². The number of aryl methyl sites for hydroxylation is 1. The fraction of sp³-hybridized carbons (Fsp3) is 0.556. The summed E-state index contributed by atoms with van der Waals surface area (Å²) < 4.78 is 1.16. The molecule has 66 valence electrons. The first-order valence-corrected chi connectivity index (χ1v) is 5.67. The summed E-state index contributed by atoms with van der Waals surface area (Å²) in [5.74, 6) is 0. The molecule has 0 amide bonds. The molecule has 0 saturated heterocycles. The summed E-state index contributed by atoms with van der Waals surface area (Å²) in [4.78, 5) is 2.59. The number of thiophene rings is 1. The second-order valence-corrected chi connectivity index (χ2v) is 5.72. The molecule has 0 atom stereocenters. The quantitative estimate of drug-likeness (QED) is 0.851. The summed E-state index contributed by atoms with van der Waals surface area (Å²) in [6.07, 6.45) is 2.76. The predicted octanol–water partition coefficient (Wildman–Crippen LogP) is 2.89. The van der Waals surface area contributed by atoms with Gasteiger partial charge in [-0.1, -0.05) is 0 Å². The van der Waals surface area contributed by atoms with Crippen molar-refractivity contribution in [3.63, 3.8) is 0 Å². The zero-order chi connectivity index (χ0) is 8.77. The van der Waals surface area contributed by atoms with Crippen LogP contribution in [0.25, 0.3) is 0 Å². The Bertz CT molecular complexity index is 301. The van der Waals surface area contributed by atoms with Gasteiger partial charge in [0, 0.05) is 20.6 Å². The molecular formula is C9H11BrOS. The van der Waals surface area contributed by atoms with Crippen molar-refractivity contribution in [2.45, 2.75) is 31.8 Å². The van der Waals surface area contributed by atoms with E-state index >= 15 is 0 Å². The van der Waals surface area contributed by atoms with Crippen LogP contribution in [0, 0.1) is 6.92 Å². The summed E-state index contributed by atoms with van der Waals surface area (Å²) in [5, 5.41) is 9.70. The average Bonchev–Trinajstić information content (AvgIpc) is 2.58. The highest BCUT2D eigenvalue weighted by molar-refractivity contribution is 9.10. The van der Waals surface area contributed by atoms with Gasteiger partial charge in [0.05, 0.1) is 5.60 Å². The summed E-state index contributed by atoms with van der Waals surface area (Å²) in [6, 6.07) is 2.12. The lowest BCUT2D eigenvalue weighted by atomic mass is 10.2. The van der Waals surface area contributed by atoms with Crippen molar-refractivity contribution < 1.29 is 5.11 Å². The maximum atomic E-state index is 9.70. The molecule has 1 heterocycles. The predicted molar refractivity (Wildman–Crippen MR) is 54.6 cm³/mol. The summed E-state index contributed by atoms with van der Waals surface area (Å²) in [6.45, 7) is 2.09. The molecule has 1 aliphatic carbocycles. The molecule has 0 unspecified atom stereocenters. The number of aliphatic hydroxyl groups is 1. The van der Waals surface area contributed by atoms with Crippen molar-refractivity contribution in [3.05, 3.63) is 20.3 Å². The topological polar surface area (TPSA) is 20.2 Å². The van der Waals surface area contributed by atoms with Crippen LogP contribution in [0.5, 0.6) is 0 Å². The molecule has 1 N–H and O–H groups in total. The summed E-state index contributed by atoms with van der Waals surface area (Å²) >= 11 is 5.27. The summed E-state index contributed by atoms with van der Waals surface area (Å²) in [5.41, 5.74) is -0.361. The fourth-order valence-corrected chi connectivity index (χ4v) is 3.21. The number of halogens is 1. The molecule has 0 aliphatic heterocycles. The van der Waals surface area contributed by atoms with E-state index < -0.39 is 0 Å². The first-order chi connectivity index (χ1) is 5.59. The molecule has 0 bridgehead atoms. The Kier molecular flexibility index (Phi) is 2.05. The van der Waals surface area contributed by atoms with Gasteiger partial charge in [0.1, 0.15) is 0 Å². The van der Waals surface area contributed by atoms with Gasteiger partial charge < -0.3 is 5.11 Å². The third-order valence-corrected chi connectivity index (χ3v) is 4.22. The van der Waals surface area contributed by atoms with Crippen molar-refractivity contribution >= 4 is 27.3 Å². The van der Waals surface area contributed by atoms with Gasteiger partial charge in [0.25, 0.3) is 0 Å². The zero-order valence-electron chi connectivity index (χ0n) is 6.93. The average molecular weight is 247 g/mol. The fourth-order valence-electron chi connectivity index (χ4n) is 1.27. The van der Waals surface area contributed by atoms with E-state index in [1.807, 2.05) is 0 Å². The minimum atomic E-state index is -0.361. The Hall–Kier alpha value is 0.140. The summed E-state index contributed by atoms with van der Waals surface area (Å²) in [7, 11) is 0. The molecule has 0 radical (unpaired) electrons. The van der Waals surface area contributed by atoms with Crippen LogP contribution in [0.2, 0.25) is 0 Å². The highest BCUT2D eigenvalue weighted by Gasteiger charge is 2.40. The third-order valence-electron chi connectivity index (χ3n) is 2.20. The Morgan fingerprint density at radius 2 is 2.33 bits per heavy atom. The van der Waals surface area contributed by atoms with Crippen LogP contribution in [-0.4, -0.2) is 10.7 Å². The molecule has 1 nitrogen and oxygen atoms in total. The van der Waals surface area contributed by atoms with E-state index in [9.17, 15) is 5.11 Å². The van der Waals surface area contributed by atoms with Crippen molar-refractivity contribution in [3.8, 4) is 0 Å². The molecule has 3 heteroatoms. The smallest absolute Gasteiger partial charge is 0.0698 e. The molecule has 1 aromatic heterocycles. The van der Waals surface area contributed by atoms with Crippen LogP contribution in [0.15, 0.2) is 10.5 Å². The first-order valence-electron chi connectivity index (χ1n) is 4.06. The highest BCUT2D eigenvalue weighted by atomic mass is 79.9. The van der Waals surface area contributed by atoms with E-state index in [0.29, 0.717) is 0 Å². The SMILES string of the molecule is Cc1cc(Br)c(CC2(O)CC2)s1. The van der Waals surface area contributed by atoms with Gasteiger partial charge in [-0.05, 0) is 41.8 Å². The maximum absolute atomic E-state index is 9.70. The van der Waals surface area contributed by atoms with Gasteiger partial charge >= 0.3 is 0 Å². The zero-order valence-corrected chi connectivity index (χ0v) is 9.33. The van der Waals surface area contributed by atoms with Crippen molar-refractivity contribution in [2.75, 3.05) is 0 Å². The standard InChI is InChI=1S/C9H11BrOS/c1-6-4-7(10)8(12-6)5-9(11)2-3-9/h4,11H,2-3,5H2,1H3. The van der Waals surface area contributed by atoms with Gasteiger partial charge in [0.2, 0.25) is 0 Å². The van der Waals surface area contributed by atoms with E-state index in [2.05, 4.69) is 28.9 Å². The minimum Gasteiger partial charge on any atom is -0.390 e.